The smallest absolute Gasteiger partial charge is 0.260 e. The molecule has 3 aliphatic rings. The number of H-pyrrole nitrogens is 1. The lowest BCUT2D eigenvalue weighted by molar-refractivity contribution is -0.137. The van der Waals surface area contributed by atoms with Crippen molar-refractivity contribution in [3.05, 3.63) is 42.0 Å². The number of ether oxygens (including phenoxy) is 2. The maximum Gasteiger partial charge on any atom is 0.260 e. The van der Waals surface area contributed by atoms with Crippen LogP contribution in [0.25, 0.3) is 0 Å². The van der Waals surface area contributed by atoms with Crippen molar-refractivity contribution >= 4 is 5.91 Å². The highest BCUT2D eigenvalue weighted by Crippen LogP contribution is 2.29. The Bertz CT molecular complexity index is 804. The van der Waals surface area contributed by atoms with Crippen molar-refractivity contribution in [1.82, 2.24) is 19.8 Å². The number of imidazole rings is 1. The van der Waals surface area contributed by atoms with Gasteiger partial charge in [0.05, 0.1) is 19.1 Å². The standard InChI is InChI=1S/C21H28N4O3/c1-15-20(23-14-22-15)12-24-9-16-3-4-17(11-24)25(10-16)21(26)13-28-19-7-5-18(27-2)6-8-19/h5-8,14,16-17H,3-4,9-13H2,1-2H3,(H,22,23)/t16-,17+/m1/s1. The average molecular weight is 384 g/mol. The molecule has 2 aromatic rings. The summed E-state index contributed by atoms with van der Waals surface area (Å²) >= 11 is 0. The van der Waals surface area contributed by atoms with Crippen LogP contribution in [-0.2, 0) is 11.3 Å². The lowest BCUT2D eigenvalue weighted by Gasteiger charge is -2.36. The Hall–Kier alpha value is -2.54. The fraction of sp³-hybridized carbons (Fsp3) is 0.524. The molecule has 2 atom stereocenters. The first kappa shape index (κ1) is 18.8. The second-order valence-corrected chi connectivity index (χ2v) is 7.78. The van der Waals surface area contributed by atoms with Crippen molar-refractivity contribution in [3.8, 4) is 11.5 Å². The molecule has 0 aliphatic carbocycles. The van der Waals surface area contributed by atoms with Crippen molar-refractivity contribution in [2.45, 2.75) is 32.4 Å². The second kappa shape index (κ2) is 8.22. The summed E-state index contributed by atoms with van der Waals surface area (Å²) < 4.78 is 10.9. The highest BCUT2D eigenvalue weighted by atomic mass is 16.5. The third-order valence-electron chi connectivity index (χ3n) is 5.84. The summed E-state index contributed by atoms with van der Waals surface area (Å²) in [5.41, 5.74) is 2.22. The first-order valence-corrected chi connectivity index (χ1v) is 9.90. The molecule has 1 amide bonds. The Balaban J connectivity index is 1.35. The molecule has 1 aromatic carbocycles. The van der Waals surface area contributed by atoms with Crippen LogP contribution in [0, 0.1) is 12.8 Å². The number of benzene rings is 1. The van der Waals surface area contributed by atoms with Crippen molar-refractivity contribution in [2.75, 3.05) is 33.4 Å². The number of fused-ring (bicyclic) bond motifs is 4. The molecule has 28 heavy (non-hydrogen) atoms. The fourth-order valence-corrected chi connectivity index (χ4v) is 4.27. The van der Waals surface area contributed by atoms with E-state index in [1.807, 2.05) is 29.2 Å². The van der Waals surface area contributed by atoms with Gasteiger partial charge in [0.25, 0.3) is 5.91 Å². The molecule has 5 rings (SSSR count). The van der Waals surface area contributed by atoms with Crippen molar-refractivity contribution in [1.29, 1.82) is 0 Å². The molecule has 0 saturated carbocycles. The molecule has 150 valence electrons. The molecular weight excluding hydrogens is 356 g/mol. The van der Waals surface area contributed by atoms with Gasteiger partial charge in [-0.15, -0.1) is 0 Å². The Morgan fingerprint density at radius 1 is 1.18 bits per heavy atom. The Kier molecular flexibility index (Phi) is 5.52. The molecule has 3 fully saturated rings. The van der Waals surface area contributed by atoms with E-state index in [2.05, 4.69) is 21.8 Å². The van der Waals surface area contributed by atoms with E-state index in [0.29, 0.717) is 11.7 Å². The van der Waals surface area contributed by atoms with E-state index in [1.165, 1.54) is 6.42 Å². The number of amides is 1. The van der Waals surface area contributed by atoms with Crippen molar-refractivity contribution in [2.24, 2.45) is 5.92 Å². The van der Waals surface area contributed by atoms with Gasteiger partial charge in [0.15, 0.2) is 6.61 Å². The topological polar surface area (TPSA) is 70.7 Å². The minimum Gasteiger partial charge on any atom is -0.497 e. The zero-order valence-corrected chi connectivity index (χ0v) is 16.6. The molecule has 2 bridgehead atoms. The van der Waals surface area contributed by atoms with Gasteiger partial charge in [0.2, 0.25) is 0 Å². The van der Waals surface area contributed by atoms with E-state index in [0.717, 1.165) is 49.7 Å². The normalized spacial score (nSPS) is 22.1. The number of hydrogen-bond acceptors (Lipinski definition) is 5. The molecule has 3 aliphatic heterocycles. The highest BCUT2D eigenvalue weighted by Gasteiger charge is 2.37. The van der Waals surface area contributed by atoms with Crippen LogP contribution in [-0.4, -0.2) is 65.1 Å². The molecule has 0 spiro atoms. The predicted molar refractivity (Wildman–Crippen MR) is 105 cm³/mol. The van der Waals surface area contributed by atoms with Gasteiger partial charge in [-0.25, -0.2) is 4.98 Å². The van der Waals surface area contributed by atoms with E-state index in [4.69, 9.17) is 9.47 Å². The number of nitrogens with zero attached hydrogens (tertiary/aromatic N) is 3. The fourth-order valence-electron chi connectivity index (χ4n) is 4.27. The zero-order valence-electron chi connectivity index (χ0n) is 16.6. The summed E-state index contributed by atoms with van der Waals surface area (Å²) in [6.45, 7) is 5.72. The molecule has 4 heterocycles. The predicted octanol–water partition coefficient (Wildman–Crippen LogP) is 2.23. The number of piperidine rings is 1. The molecule has 1 aromatic heterocycles. The summed E-state index contributed by atoms with van der Waals surface area (Å²) in [6, 6.07) is 7.58. The Morgan fingerprint density at radius 2 is 1.96 bits per heavy atom. The quantitative estimate of drug-likeness (QED) is 0.827. The van der Waals surface area contributed by atoms with Crippen LogP contribution in [0.15, 0.2) is 30.6 Å². The summed E-state index contributed by atoms with van der Waals surface area (Å²) in [5, 5.41) is 0. The summed E-state index contributed by atoms with van der Waals surface area (Å²) in [7, 11) is 1.63. The third kappa shape index (κ3) is 4.14. The van der Waals surface area contributed by atoms with E-state index in [9.17, 15) is 4.79 Å². The number of hydrogen-bond donors (Lipinski definition) is 1. The van der Waals surface area contributed by atoms with Crippen LogP contribution < -0.4 is 9.47 Å². The third-order valence-corrected chi connectivity index (χ3v) is 5.84. The molecule has 1 N–H and O–H groups in total. The maximum atomic E-state index is 12.9. The van der Waals surface area contributed by atoms with Gasteiger partial charge in [-0.2, -0.15) is 0 Å². The van der Waals surface area contributed by atoms with Gasteiger partial charge >= 0.3 is 0 Å². The Morgan fingerprint density at radius 3 is 2.68 bits per heavy atom. The van der Waals surface area contributed by atoms with Gasteiger partial charge in [0.1, 0.15) is 11.5 Å². The number of aromatic nitrogens is 2. The van der Waals surface area contributed by atoms with Gasteiger partial charge in [-0.1, -0.05) is 0 Å². The van der Waals surface area contributed by atoms with Crippen molar-refractivity contribution < 1.29 is 14.3 Å². The van der Waals surface area contributed by atoms with E-state index in [1.54, 1.807) is 13.4 Å². The first-order valence-electron chi connectivity index (χ1n) is 9.90. The highest BCUT2D eigenvalue weighted by molar-refractivity contribution is 5.78. The van der Waals surface area contributed by atoms with E-state index < -0.39 is 0 Å². The average Bonchev–Trinajstić information content (AvgIpc) is 2.92. The number of rotatable bonds is 6. The van der Waals surface area contributed by atoms with Crippen molar-refractivity contribution in [3.63, 3.8) is 0 Å². The SMILES string of the molecule is COc1ccc(OCC(=O)N2C[C@@H]3CC[C@H]2CN(Cc2nc[nH]c2C)C3)cc1. The van der Waals surface area contributed by atoms with Gasteiger partial charge in [0, 0.05) is 37.9 Å². The van der Waals surface area contributed by atoms with Crippen LogP contribution in [0.4, 0.5) is 0 Å². The number of aromatic amines is 1. The summed E-state index contributed by atoms with van der Waals surface area (Å²) in [4.78, 5) is 24.9. The van der Waals surface area contributed by atoms with Crippen LogP contribution in [0.3, 0.4) is 0 Å². The molecule has 0 unspecified atom stereocenters. The van der Waals surface area contributed by atoms with Crippen LogP contribution in [0.1, 0.15) is 24.2 Å². The zero-order chi connectivity index (χ0) is 19.5. The number of carbonyl (C=O) groups is 1. The number of nitrogens with one attached hydrogen (secondary N) is 1. The van der Waals surface area contributed by atoms with E-state index >= 15 is 0 Å². The number of carbonyl (C=O) groups excluding carboxylic acids is 1. The molecule has 3 saturated heterocycles. The van der Waals surface area contributed by atoms with E-state index in [-0.39, 0.29) is 18.6 Å². The largest absolute Gasteiger partial charge is 0.497 e. The van der Waals surface area contributed by atoms with Gasteiger partial charge in [-0.05, 0) is 49.9 Å². The van der Waals surface area contributed by atoms with Crippen LogP contribution >= 0.6 is 0 Å². The van der Waals surface area contributed by atoms with Crippen LogP contribution in [0.5, 0.6) is 11.5 Å². The minimum absolute atomic E-state index is 0.0725. The Labute approximate surface area is 165 Å². The molecule has 7 nitrogen and oxygen atoms in total. The molecular formula is C21H28N4O3. The summed E-state index contributed by atoms with van der Waals surface area (Å²) in [6.07, 6.45) is 4.00. The minimum atomic E-state index is 0.0725. The monoisotopic (exact) mass is 384 g/mol. The number of aryl methyl sites for hydroxylation is 1. The lowest BCUT2D eigenvalue weighted by atomic mass is 9.95. The second-order valence-electron chi connectivity index (χ2n) is 7.78. The maximum absolute atomic E-state index is 12.9. The van der Waals surface area contributed by atoms with Gasteiger partial charge < -0.3 is 19.4 Å². The lowest BCUT2D eigenvalue weighted by Crippen LogP contribution is -2.49. The summed E-state index contributed by atoms with van der Waals surface area (Å²) in [5.74, 6) is 2.05. The van der Waals surface area contributed by atoms with Gasteiger partial charge in [-0.3, -0.25) is 9.69 Å². The van der Waals surface area contributed by atoms with Crippen LogP contribution in [0.2, 0.25) is 0 Å². The molecule has 0 radical (unpaired) electrons. The first-order chi connectivity index (χ1) is 13.6. The molecule has 7 heteroatoms. The number of methoxy groups -OCH3 is 1.